The van der Waals surface area contributed by atoms with Crippen LogP contribution in [0.1, 0.15) is 0 Å². The average Bonchev–Trinajstić information content (AvgIpc) is 2.37. The Labute approximate surface area is 94.8 Å². The molecule has 17 heavy (non-hydrogen) atoms. The monoisotopic (exact) mass is 252 g/mol. The Balaban J connectivity index is 0.000000202. The number of halogens is 5. The smallest absolute Gasteiger partial charge is 0.410 e. The van der Waals surface area contributed by atoms with Gasteiger partial charge in [-0.1, -0.05) is 0 Å². The van der Waals surface area contributed by atoms with Gasteiger partial charge < -0.3 is 13.7 Å². The van der Waals surface area contributed by atoms with E-state index in [0.717, 1.165) is 0 Å². The topological polar surface area (TPSA) is 27.7 Å². The lowest BCUT2D eigenvalue weighted by Crippen LogP contribution is -2.23. The van der Waals surface area contributed by atoms with Crippen LogP contribution in [-0.2, 0) is 13.7 Å². The third-order valence-electron chi connectivity index (χ3n) is 1.56. The molecule has 0 saturated carbocycles. The lowest BCUT2D eigenvalue weighted by Gasteiger charge is -2.07. The number of benzene rings is 1. The Morgan fingerprint density at radius 3 is 1.29 bits per heavy atom. The maximum Gasteiger partial charge on any atom is 0.410 e. The van der Waals surface area contributed by atoms with Gasteiger partial charge in [-0.15, -0.1) is 0 Å². The summed E-state index contributed by atoms with van der Waals surface area (Å²) in [5.41, 5.74) is 0. The Kier molecular flexibility index (Phi) is 5.46. The summed E-state index contributed by atoms with van der Waals surface area (Å²) >= 11 is 0. The first-order chi connectivity index (χ1) is 8.04. The second kappa shape index (κ2) is 6.62. The SMILES string of the molecule is B1OBOBO1.Fc1cc(F)c(F)c(F)c1F. The van der Waals surface area contributed by atoms with Gasteiger partial charge in [0.25, 0.3) is 0 Å². The van der Waals surface area contributed by atoms with Crippen molar-refractivity contribution in [3.05, 3.63) is 35.2 Å². The van der Waals surface area contributed by atoms with Crippen molar-refractivity contribution < 1.29 is 35.7 Å². The molecule has 90 valence electrons. The second-order valence-electron chi connectivity index (χ2n) is 2.75. The standard InChI is InChI=1S/C6HF5.B3H3O3/c7-2-1-3(8)5(10)6(11)4(2)9;1-4-2-6-3-5-1/h1H;1-3H. The van der Waals surface area contributed by atoms with Crippen molar-refractivity contribution >= 4 is 23.1 Å². The van der Waals surface area contributed by atoms with E-state index < -0.39 is 29.1 Å². The van der Waals surface area contributed by atoms with Crippen molar-refractivity contribution in [2.24, 2.45) is 0 Å². The van der Waals surface area contributed by atoms with E-state index in [0.29, 0.717) is 23.1 Å². The molecule has 0 aliphatic carbocycles. The highest BCUT2D eigenvalue weighted by molar-refractivity contribution is 6.50. The van der Waals surface area contributed by atoms with Crippen LogP contribution in [0, 0.1) is 29.1 Å². The molecule has 0 N–H and O–H groups in total. The molecule has 1 fully saturated rings. The molecule has 1 aromatic rings. The molecule has 1 aliphatic heterocycles. The molecular weight excluding hydrogens is 247 g/mol. The minimum Gasteiger partial charge on any atom is -0.458 e. The molecule has 1 aromatic carbocycles. The maximum atomic E-state index is 12.0. The van der Waals surface area contributed by atoms with Crippen LogP contribution in [0.2, 0.25) is 0 Å². The summed E-state index contributed by atoms with van der Waals surface area (Å²) in [4.78, 5) is 0. The zero-order valence-corrected chi connectivity index (χ0v) is 8.31. The maximum absolute atomic E-state index is 12.0. The van der Waals surface area contributed by atoms with Gasteiger partial charge in [-0.25, -0.2) is 22.0 Å². The number of hydrogen-bond acceptors (Lipinski definition) is 3. The normalized spacial score (nSPS) is 13.7. The fourth-order valence-electron chi connectivity index (χ4n) is 0.823. The molecule has 0 spiro atoms. The average molecular weight is 252 g/mol. The van der Waals surface area contributed by atoms with Gasteiger partial charge in [0.05, 0.1) is 0 Å². The minimum absolute atomic E-state index is 0.0618. The molecule has 11 heteroatoms. The Morgan fingerprint density at radius 2 is 1.00 bits per heavy atom. The van der Waals surface area contributed by atoms with Crippen molar-refractivity contribution in [3.63, 3.8) is 0 Å². The van der Waals surface area contributed by atoms with Crippen LogP contribution in [0.4, 0.5) is 22.0 Å². The molecule has 0 unspecified atom stereocenters. The molecule has 1 aliphatic rings. The Morgan fingerprint density at radius 1 is 0.647 bits per heavy atom. The van der Waals surface area contributed by atoms with Crippen molar-refractivity contribution in [2.75, 3.05) is 0 Å². The van der Waals surface area contributed by atoms with Gasteiger partial charge in [0.2, 0.25) is 5.82 Å². The molecule has 1 heterocycles. The van der Waals surface area contributed by atoms with Gasteiger partial charge in [0.15, 0.2) is 23.3 Å². The highest BCUT2D eigenvalue weighted by atomic mass is 19.2. The molecule has 0 aromatic heterocycles. The van der Waals surface area contributed by atoms with Crippen LogP contribution in [0.25, 0.3) is 0 Å². The highest BCUT2D eigenvalue weighted by Crippen LogP contribution is 2.16. The predicted octanol–water partition coefficient (Wildman–Crippen LogP) is 0.231. The Hall–Kier alpha value is -1.06. The summed E-state index contributed by atoms with van der Waals surface area (Å²) in [5.74, 6) is -9.65. The molecule has 2 rings (SSSR count). The van der Waals surface area contributed by atoms with Crippen molar-refractivity contribution in [3.8, 4) is 0 Å². The summed E-state index contributed by atoms with van der Waals surface area (Å²) in [6.45, 7) is 0. The van der Waals surface area contributed by atoms with Crippen molar-refractivity contribution in [2.45, 2.75) is 0 Å². The molecule has 1 saturated heterocycles. The minimum atomic E-state index is -2.14. The van der Waals surface area contributed by atoms with Crippen LogP contribution in [0.3, 0.4) is 0 Å². The molecule has 0 amide bonds. The molecular formula is C6H4B3F5O3. The fraction of sp³-hybridized carbons (Fsp3) is 0. The van der Waals surface area contributed by atoms with Crippen LogP contribution < -0.4 is 0 Å². The third kappa shape index (κ3) is 4.02. The second-order valence-corrected chi connectivity index (χ2v) is 2.75. The molecule has 3 nitrogen and oxygen atoms in total. The van der Waals surface area contributed by atoms with E-state index in [4.69, 9.17) is 0 Å². The summed E-state index contributed by atoms with van der Waals surface area (Å²) in [6, 6.07) is -0.0618. The van der Waals surface area contributed by atoms with E-state index in [-0.39, 0.29) is 6.07 Å². The molecule has 0 radical (unpaired) electrons. The van der Waals surface area contributed by atoms with Crippen molar-refractivity contribution in [1.82, 2.24) is 0 Å². The highest BCUT2D eigenvalue weighted by Gasteiger charge is 2.18. The fourth-order valence-corrected chi connectivity index (χ4v) is 0.823. The lowest BCUT2D eigenvalue weighted by molar-refractivity contribution is 0.347. The van der Waals surface area contributed by atoms with Crippen LogP contribution in [-0.4, -0.2) is 23.1 Å². The van der Waals surface area contributed by atoms with Crippen LogP contribution in [0.15, 0.2) is 6.07 Å². The largest absolute Gasteiger partial charge is 0.458 e. The quantitative estimate of drug-likeness (QED) is 0.286. The van der Waals surface area contributed by atoms with E-state index in [9.17, 15) is 22.0 Å². The zero-order chi connectivity index (χ0) is 12.8. The number of rotatable bonds is 0. The van der Waals surface area contributed by atoms with Crippen LogP contribution >= 0.6 is 0 Å². The van der Waals surface area contributed by atoms with Crippen LogP contribution in [0.5, 0.6) is 0 Å². The summed E-state index contributed by atoms with van der Waals surface area (Å²) < 4.78 is 73.9. The Bertz CT molecular complexity index is 352. The first kappa shape index (κ1) is 14.0. The summed E-state index contributed by atoms with van der Waals surface area (Å²) in [7, 11) is 1.12. The van der Waals surface area contributed by atoms with Gasteiger partial charge in [-0.2, -0.15) is 0 Å². The van der Waals surface area contributed by atoms with E-state index >= 15 is 0 Å². The van der Waals surface area contributed by atoms with Gasteiger partial charge in [-0.3, -0.25) is 0 Å². The molecule has 0 atom stereocenters. The number of hydrogen-bond donors (Lipinski definition) is 0. The lowest BCUT2D eigenvalue weighted by atomic mass is 10.1. The van der Waals surface area contributed by atoms with Gasteiger partial charge in [0, 0.05) is 6.07 Å². The van der Waals surface area contributed by atoms with Gasteiger partial charge in [-0.05, 0) is 0 Å². The van der Waals surface area contributed by atoms with Crippen molar-refractivity contribution in [1.29, 1.82) is 0 Å². The van der Waals surface area contributed by atoms with E-state index in [1.54, 1.807) is 0 Å². The zero-order valence-electron chi connectivity index (χ0n) is 8.31. The molecule has 0 bridgehead atoms. The summed E-state index contributed by atoms with van der Waals surface area (Å²) in [6.07, 6.45) is 0. The van der Waals surface area contributed by atoms with Gasteiger partial charge in [0.1, 0.15) is 0 Å². The predicted molar refractivity (Wildman–Crippen MR) is 50.9 cm³/mol. The summed E-state index contributed by atoms with van der Waals surface area (Å²) in [5, 5.41) is 0. The van der Waals surface area contributed by atoms with E-state index in [2.05, 4.69) is 13.7 Å². The van der Waals surface area contributed by atoms with E-state index in [1.807, 2.05) is 0 Å². The third-order valence-corrected chi connectivity index (χ3v) is 1.56. The van der Waals surface area contributed by atoms with E-state index in [1.165, 1.54) is 0 Å². The first-order valence-electron chi connectivity index (χ1n) is 4.25. The van der Waals surface area contributed by atoms with Gasteiger partial charge >= 0.3 is 23.1 Å². The first-order valence-corrected chi connectivity index (χ1v) is 4.25.